The second kappa shape index (κ2) is 8.11. The van der Waals surface area contributed by atoms with Gasteiger partial charge < -0.3 is 16.4 Å². The molecule has 2 aromatic rings. The first-order valence-electron chi connectivity index (χ1n) is 6.07. The highest BCUT2D eigenvalue weighted by molar-refractivity contribution is 9.10. The van der Waals surface area contributed by atoms with E-state index in [1.54, 1.807) is 6.07 Å². The second-order valence-corrected chi connectivity index (χ2v) is 7.09. The van der Waals surface area contributed by atoms with Gasteiger partial charge in [0.05, 0.1) is 18.0 Å². The molecule has 0 fully saturated rings. The Balaban J connectivity index is 1.71. The van der Waals surface area contributed by atoms with Crippen LogP contribution in [0, 0.1) is 0 Å². The molecule has 0 atom stereocenters. The molecule has 0 aliphatic rings. The second-order valence-electron chi connectivity index (χ2n) is 4.00. The fourth-order valence-electron chi connectivity index (χ4n) is 1.39. The van der Waals surface area contributed by atoms with E-state index in [4.69, 9.17) is 5.73 Å². The lowest BCUT2D eigenvalue weighted by Crippen LogP contribution is -2.33. The number of nitrogen functional groups attached to an aromatic ring is 1. The number of hydrogen-bond donors (Lipinski definition) is 3. The smallest absolute Gasteiger partial charge is 0.243 e. The van der Waals surface area contributed by atoms with Crippen molar-refractivity contribution in [2.45, 2.75) is 4.34 Å². The summed E-state index contributed by atoms with van der Waals surface area (Å²) in [7, 11) is 0. The molecule has 116 valence electrons. The van der Waals surface area contributed by atoms with Crippen LogP contribution < -0.4 is 16.4 Å². The molecule has 0 saturated carbocycles. The van der Waals surface area contributed by atoms with E-state index in [-0.39, 0.29) is 24.1 Å². The Hall–Kier alpha value is -1.65. The standard InChI is InChI=1S/C12H12BrN5O2S2/c13-7-3-1-2-4-8(7)16-9(19)5-15-10(20)6-21-12-18-17-11(14)22-12/h1-4H,5-6H2,(H2,14,17)(H,15,20)(H,16,19). The lowest BCUT2D eigenvalue weighted by atomic mass is 10.3. The van der Waals surface area contributed by atoms with E-state index >= 15 is 0 Å². The average molecular weight is 402 g/mol. The highest BCUT2D eigenvalue weighted by Crippen LogP contribution is 2.23. The molecule has 0 aliphatic carbocycles. The topological polar surface area (TPSA) is 110 Å². The quantitative estimate of drug-likeness (QED) is 0.635. The highest BCUT2D eigenvalue weighted by atomic mass is 79.9. The van der Waals surface area contributed by atoms with Crippen LogP contribution in [0.4, 0.5) is 10.8 Å². The van der Waals surface area contributed by atoms with E-state index in [2.05, 4.69) is 36.8 Å². The van der Waals surface area contributed by atoms with Crippen molar-refractivity contribution in [2.75, 3.05) is 23.3 Å². The van der Waals surface area contributed by atoms with Crippen molar-refractivity contribution in [3.63, 3.8) is 0 Å². The van der Waals surface area contributed by atoms with E-state index in [0.717, 1.165) is 4.47 Å². The van der Waals surface area contributed by atoms with Gasteiger partial charge in [-0.05, 0) is 28.1 Å². The van der Waals surface area contributed by atoms with E-state index < -0.39 is 0 Å². The number of carbonyl (C=O) groups excluding carboxylic acids is 2. The van der Waals surface area contributed by atoms with Crippen LogP contribution in [0.5, 0.6) is 0 Å². The minimum Gasteiger partial charge on any atom is -0.374 e. The number of anilines is 2. The lowest BCUT2D eigenvalue weighted by molar-refractivity contribution is -0.122. The summed E-state index contributed by atoms with van der Waals surface area (Å²) in [4.78, 5) is 23.4. The van der Waals surface area contributed by atoms with Gasteiger partial charge in [0.15, 0.2) is 4.34 Å². The number of hydrogen-bond acceptors (Lipinski definition) is 7. The predicted molar refractivity (Wildman–Crippen MR) is 90.8 cm³/mol. The molecule has 1 heterocycles. The van der Waals surface area contributed by atoms with Gasteiger partial charge in [0.1, 0.15) is 0 Å². The number of thioether (sulfide) groups is 1. The minimum absolute atomic E-state index is 0.0982. The predicted octanol–water partition coefficient (Wildman–Crippen LogP) is 1.73. The number of halogens is 1. The maximum absolute atomic E-state index is 11.8. The Morgan fingerprint density at radius 3 is 2.73 bits per heavy atom. The van der Waals surface area contributed by atoms with Crippen molar-refractivity contribution >= 4 is 61.7 Å². The molecule has 2 rings (SSSR count). The first-order valence-corrected chi connectivity index (χ1v) is 8.67. The van der Waals surface area contributed by atoms with Gasteiger partial charge in [0.2, 0.25) is 16.9 Å². The summed E-state index contributed by atoms with van der Waals surface area (Å²) in [6.45, 7) is -0.0982. The zero-order chi connectivity index (χ0) is 15.9. The minimum atomic E-state index is -0.301. The Kier molecular flexibility index (Phi) is 6.16. The highest BCUT2D eigenvalue weighted by Gasteiger charge is 2.09. The number of nitrogens with one attached hydrogen (secondary N) is 2. The molecule has 0 bridgehead atoms. The van der Waals surface area contributed by atoms with Crippen molar-refractivity contribution in [1.82, 2.24) is 15.5 Å². The summed E-state index contributed by atoms with van der Waals surface area (Å²) in [6, 6.07) is 7.24. The van der Waals surface area contributed by atoms with Crippen molar-refractivity contribution in [1.29, 1.82) is 0 Å². The van der Waals surface area contributed by atoms with Crippen LogP contribution in [0.1, 0.15) is 0 Å². The third-order valence-electron chi connectivity index (χ3n) is 2.34. The molecule has 0 unspecified atom stereocenters. The van der Waals surface area contributed by atoms with Crippen LogP contribution in [-0.4, -0.2) is 34.3 Å². The van der Waals surface area contributed by atoms with Crippen molar-refractivity contribution in [2.24, 2.45) is 0 Å². The molecule has 0 radical (unpaired) electrons. The fraction of sp³-hybridized carbons (Fsp3) is 0.167. The molecular formula is C12H12BrN5O2S2. The number of nitrogens with zero attached hydrogens (tertiary/aromatic N) is 2. The van der Waals surface area contributed by atoms with E-state index in [1.165, 1.54) is 23.1 Å². The Morgan fingerprint density at radius 2 is 2.05 bits per heavy atom. The van der Waals surface area contributed by atoms with Gasteiger partial charge in [-0.3, -0.25) is 9.59 Å². The SMILES string of the molecule is Nc1nnc(SCC(=O)NCC(=O)Nc2ccccc2Br)s1. The average Bonchev–Trinajstić information content (AvgIpc) is 2.91. The third-order valence-corrected chi connectivity index (χ3v) is 4.92. The van der Waals surface area contributed by atoms with Crippen LogP contribution in [0.3, 0.4) is 0 Å². The molecule has 10 heteroatoms. The molecule has 1 aromatic carbocycles. The van der Waals surface area contributed by atoms with Crippen LogP contribution in [0.2, 0.25) is 0 Å². The zero-order valence-electron chi connectivity index (χ0n) is 11.2. The largest absolute Gasteiger partial charge is 0.374 e. The molecular weight excluding hydrogens is 390 g/mol. The van der Waals surface area contributed by atoms with Crippen molar-refractivity contribution in [3.8, 4) is 0 Å². The summed E-state index contributed by atoms with van der Waals surface area (Å²) in [5.74, 6) is -0.414. The number of benzene rings is 1. The fourth-order valence-corrected chi connectivity index (χ4v) is 3.24. The Morgan fingerprint density at radius 1 is 1.27 bits per heavy atom. The molecule has 0 saturated heterocycles. The number of para-hydroxylation sites is 1. The van der Waals surface area contributed by atoms with Gasteiger partial charge in [-0.1, -0.05) is 35.2 Å². The van der Waals surface area contributed by atoms with Gasteiger partial charge >= 0.3 is 0 Å². The van der Waals surface area contributed by atoms with Crippen LogP contribution in [0.15, 0.2) is 33.1 Å². The van der Waals surface area contributed by atoms with E-state index in [9.17, 15) is 9.59 Å². The maximum Gasteiger partial charge on any atom is 0.243 e. The molecule has 2 amide bonds. The van der Waals surface area contributed by atoms with Gasteiger partial charge in [-0.2, -0.15) is 0 Å². The molecule has 1 aromatic heterocycles. The van der Waals surface area contributed by atoms with Crippen LogP contribution in [0.25, 0.3) is 0 Å². The van der Waals surface area contributed by atoms with E-state index in [1.807, 2.05) is 18.2 Å². The van der Waals surface area contributed by atoms with Crippen molar-refractivity contribution < 1.29 is 9.59 Å². The normalized spacial score (nSPS) is 10.2. The van der Waals surface area contributed by atoms with Gasteiger partial charge in [-0.25, -0.2) is 0 Å². The lowest BCUT2D eigenvalue weighted by Gasteiger charge is -2.08. The number of rotatable bonds is 6. The Labute approximate surface area is 143 Å². The zero-order valence-corrected chi connectivity index (χ0v) is 14.4. The summed E-state index contributed by atoms with van der Waals surface area (Å²) in [5.41, 5.74) is 6.10. The summed E-state index contributed by atoms with van der Waals surface area (Å²) in [5, 5.41) is 13.0. The molecule has 0 spiro atoms. The number of carbonyl (C=O) groups is 2. The number of nitrogens with two attached hydrogens (primary N) is 1. The maximum atomic E-state index is 11.8. The Bertz CT molecular complexity index is 679. The van der Waals surface area contributed by atoms with Gasteiger partial charge in [0.25, 0.3) is 0 Å². The number of amides is 2. The number of aromatic nitrogens is 2. The monoisotopic (exact) mass is 401 g/mol. The van der Waals surface area contributed by atoms with Crippen LogP contribution in [-0.2, 0) is 9.59 Å². The molecule has 0 aliphatic heterocycles. The molecule has 7 nitrogen and oxygen atoms in total. The van der Waals surface area contributed by atoms with E-state index in [0.29, 0.717) is 15.2 Å². The first kappa shape index (κ1) is 16.7. The molecule has 4 N–H and O–H groups in total. The van der Waals surface area contributed by atoms with Gasteiger partial charge in [-0.15, -0.1) is 10.2 Å². The van der Waals surface area contributed by atoms with Crippen LogP contribution >= 0.6 is 39.0 Å². The molecule has 22 heavy (non-hydrogen) atoms. The third kappa shape index (κ3) is 5.28. The summed E-state index contributed by atoms with van der Waals surface area (Å²) < 4.78 is 1.39. The summed E-state index contributed by atoms with van der Waals surface area (Å²) >= 11 is 5.76. The van der Waals surface area contributed by atoms with Gasteiger partial charge in [0, 0.05) is 4.47 Å². The summed E-state index contributed by atoms with van der Waals surface area (Å²) in [6.07, 6.45) is 0. The first-order chi connectivity index (χ1) is 10.5. The van der Waals surface area contributed by atoms with Crippen molar-refractivity contribution in [3.05, 3.63) is 28.7 Å².